The average Bonchev–Trinajstić information content (AvgIpc) is 2.98. The van der Waals surface area contributed by atoms with Crippen molar-refractivity contribution in [1.29, 1.82) is 0 Å². The molecule has 1 unspecified atom stereocenters. The summed E-state index contributed by atoms with van der Waals surface area (Å²) in [7, 11) is 1.82. The molecule has 0 fully saturated rings. The van der Waals surface area contributed by atoms with E-state index in [9.17, 15) is 4.79 Å². The minimum atomic E-state index is -0.136. The summed E-state index contributed by atoms with van der Waals surface area (Å²) < 4.78 is 0. The highest BCUT2D eigenvalue weighted by atomic mass is 32.1. The van der Waals surface area contributed by atoms with Crippen LogP contribution in [0.3, 0.4) is 0 Å². The highest BCUT2D eigenvalue weighted by Gasteiger charge is 2.15. The van der Waals surface area contributed by atoms with Gasteiger partial charge in [-0.2, -0.15) is 0 Å². The second kappa shape index (κ2) is 6.33. The normalized spacial score (nSPS) is 11.9. The summed E-state index contributed by atoms with van der Waals surface area (Å²) in [4.78, 5) is 17.4. The molecule has 4 nitrogen and oxygen atoms in total. The monoisotopic (exact) mass is 275 g/mol. The number of rotatable bonds is 5. The van der Waals surface area contributed by atoms with Crippen molar-refractivity contribution in [3.8, 4) is 0 Å². The zero-order chi connectivity index (χ0) is 13.7. The summed E-state index contributed by atoms with van der Waals surface area (Å²) in [5.74, 6) is -0.136. The fourth-order valence-corrected chi connectivity index (χ4v) is 2.63. The Morgan fingerprint density at radius 3 is 2.79 bits per heavy atom. The van der Waals surface area contributed by atoms with Gasteiger partial charge in [0.05, 0.1) is 17.9 Å². The summed E-state index contributed by atoms with van der Waals surface area (Å²) in [5.41, 5.74) is 1.33. The van der Waals surface area contributed by atoms with Crippen molar-refractivity contribution in [2.75, 3.05) is 12.4 Å². The van der Waals surface area contributed by atoms with Crippen molar-refractivity contribution in [2.24, 2.45) is 0 Å². The lowest BCUT2D eigenvalue weighted by molar-refractivity contribution is 0.0931. The lowest BCUT2D eigenvalue weighted by atomic mass is 10.2. The second-order valence-corrected chi connectivity index (χ2v) is 5.11. The number of carbonyl (C=O) groups excluding carboxylic acids is 1. The van der Waals surface area contributed by atoms with Crippen LogP contribution in [0.15, 0.2) is 35.8 Å². The van der Waals surface area contributed by atoms with E-state index in [1.807, 2.05) is 30.6 Å². The number of carbonyl (C=O) groups is 1. The van der Waals surface area contributed by atoms with E-state index < -0.39 is 0 Å². The minimum Gasteiger partial charge on any atom is -0.387 e. The first-order chi connectivity index (χ1) is 9.24. The zero-order valence-corrected chi connectivity index (χ0v) is 11.8. The third-order valence-electron chi connectivity index (χ3n) is 2.88. The molecule has 2 heterocycles. The van der Waals surface area contributed by atoms with Crippen LogP contribution in [0.1, 0.15) is 34.8 Å². The number of hydrogen-bond acceptors (Lipinski definition) is 4. The van der Waals surface area contributed by atoms with Crippen LogP contribution < -0.4 is 10.6 Å². The maximum atomic E-state index is 12.1. The quantitative estimate of drug-likeness (QED) is 0.881. The number of nitrogens with zero attached hydrogens (tertiary/aromatic N) is 1. The number of anilines is 1. The Kier molecular flexibility index (Phi) is 4.52. The van der Waals surface area contributed by atoms with Crippen molar-refractivity contribution in [3.05, 3.63) is 46.4 Å². The van der Waals surface area contributed by atoms with Crippen molar-refractivity contribution in [3.63, 3.8) is 0 Å². The van der Waals surface area contributed by atoms with Gasteiger partial charge in [0, 0.05) is 11.9 Å². The van der Waals surface area contributed by atoms with E-state index in [-0.39, 0.29) is 11.9 Å². The maximum absolute atomic E-state index is 12.1. The fourth-order valence-electron chi connectivity index (χ4n) is 1.77. The highest BCUT2D eigenvalue weighted by Crippen LogP contribution is 2.22. The summed E-state index contributed by atoms with van der Waals surface area (Å²) in [6.45, 7) is 2.06. The van der Waals surface area contributed by atoms with Gasteiger partial charge >= 0.3 is 0 Å². The molecule has 1 amide bonds. The number of hydrogen-bond donors (Lipinski definition) is 2. The Morgan fingerprint density at radius 1 is 1.42 bits per heavy atom. The zero-order valence-electron chi connectivity index (χ0n) is 11.0. The van der Waals surface area contributed by atoms with E-state index in [1.165, 1.54) is 4.88 Å². The number of aromatic nitrogens is 1. The van der Waals surface area contributed by atoms with Gasteiger partial charge in [-0.1, -0.05) is 13.0 Å². The molecule has 1 atom stereocenters. The van der Waals surface area contributed by atoms with Gasteiger partial charge in [0.25, 0.3) is 5.91 Å². The topological polar surface area (TPSA) is 54.0 Å². The van der Waals surface area contributed by atoms with Gasteiger partial charge in [0.2, 0.25) is 0 Å². The third kappa shape index (κ3) is 3.32. The molecule has 2 N–H and O–H groups in total. The molecule has 0 radical (unpaired) electrons. The molecule has 100 valence electrons. The molecule has 0 bridgehead atoms. The van der Waals surface area contributed by atoms with Crippen LogP contribution in [0.25, 0.3) is 0 Å². The Balaban J connectivity index is 2.06. The summed E-state index contributed by atoms with van der Waals surface area (Å²) >= 11 is 1.65. The molecule has 0 aliphatic heterocycles. The first-order valence-electron chi connectivity index (χ1n) is 6.22. The Bertz CT molecular complexity index is 522. The van der Waals surface area contributed by atoms with Crippen LogP contribution in [0.4, 0.5) is 5.69 Å². The first kappa shape index (κ1) is 13.5. The van der Waals surface area contributed by atoms with E-state index in [1.54, 1.807) is 23.6 Å². The van der Waals surface area contributed by atoms with Crippen LogP contribution in [-0.4, -0.2) is 17.9 Å². The molecule has 0 aromatic carbocycles. The molecule has 5 heteroatoms. The molecule has 0 aliphatic rings. The van der Waals surface area contributed by atoms with Crippen LogP contribution in [0.5, 0.6) is 0 Å². The molecule has 2 aromatic rings. The molecule has 19 heavy (non-hydrogen) atoms. The Hall–Kier alpha value is -1.88. The predicted molar refractivity (Wildman–Crippen MR) is 78.6 cm³/mol. The van der Waals surface area contributed by atoms with Crippen LogP contribution in [0, 0.1) is 0 Å². The van der Waals surface area contributed by atoms with Gasteiger partial charge in [0.15, 0.2) is 0 Å². The van der Waals surface area contributed by atoms with Crippen molar-refractivity contribution in [2.45, 2.75) is 19.4 Å². The van der Waals surface area contributed by atoms with Gasteiger partial charge < -0.3 is 10.6 Å². The number of pyridine rings is 1. The molecule has 0 saturated carbocycles. The fraction of sp³-hybridized carbons (Fsp3) is 0.286. The second-order valence-electron chi connectivity index (χ2n) is 4.13. The number of amides is 1. The van der Waals surface area contributed by atoms with Crippen LogP contribution in [0.2, 0.25) is 0 Å². The van der Waals surface area contributed by atoms with Crippen molar-refractivity contribution in [1.82, 2.24) is 10.3 Å². The molecule has 0 spiro atoms. The largest absolute Gasteiger partial charge is 0.387 e. The van der Waals surface area contributed by atoms with Crippen molar-refractivity contribution < 1.29 is 4.79 Å². The van der Waals surface area contributed by atoms with Gasteiger partial charge in [0.1, 0.15) is 5.69 Å². The number of nitrogens with one attached hydrogen (secondary N) is 2. The predicted octanol–water partition coefficient (Wildman–Crippen LogP) is 3.07. The van der Waals surface area contributed by atoms with Gasteiger partial charge in [-0.15, -0.1) is 11.3 Å². The van der Waals surface area contributed by atoms with E-state index in [0.29, 0.717) is 5.69 Å². The molecule has 2 rings (SSSR count). The molecular weight excluding hydrogens is 258 g/mol. The van der Waals surface area contributed by atoms with Gasteiger partial charge in [-0.25, -0.2) is 4.98 Å². The summed E-state index contributed by atoms with van der Waals surface area (Å²) in [6, 6.07) is 7.65. The standard InChI is InChI=1S/C14H17N3OS/c1-3-11(13-5-4-8-19-13)17-14(18)12-7-6-10(15-2)9-16-12/h4-9,11,15H,3H2,1-2H3,(H,17,18). The molecule has 0 saturated heterocycles. The average molecular weight is 275 g/mol. The van der Waals surface area contributed by atoms with E-state index in [0.717, 1.165) is 12.1 Å². The smallest absolute Gasteiger partial charge is 0.270 e. The van der Waals surface area contributed by atoms with Crippen molar-refractivity contribution >= 4 is 22.9 Å². The Morgan fingerprint density at radius 2 is 2.26 bits per heavy atom. The first-order valence-corrected chi connectivity index (χ1v) is 7.10. The van der Waals surface area contributed by atoms with Crippen LogP contribution >= 0.6 is 11.3 Å². The van der Waals surface area contributed by atoms with Gasteiger partial charge in [-0.05, 0) is 30.0 Å². The summed E-state index contributed by atoms with van der Waals surface area (Å²) in [6.07, 6.45) is 2.52. The SMILES string of the molecule is CCC(NC(=O)c1ccc(NC)cn1)c1cccs1. The maximum Gasteiger partial charge on any atom is 0.270 e. The Labute approximate surface area is 116 Å². The minimum absolute atomic E-state index is 0.0540. The lowest BCUT2D eigenvalue weighted by Crippen LogP contribution is -2.28. The lowest BCUT2D eigenvalue weighted by Gasteiger charge is -2.15. The number of thiophene rings is 1. The third-order valence-corrected chi connectivity index (χ3v) is 3.87. The van der Waals surface area contributed by atoms with E-state index in [4.69, 9.17) is 0 Å². The molecular formula is C14H17N3OS. The summed E-state index contributed by atoms with van der Waals surface area (Å²) in [5, 5.41) is 8.00. The van der Waals surface area contributed by atoms with E-state index >= 15 is 0 Å². The molecule has 0 aliphatic carbocycles. The van der Waals surface area contributed by atoms with Gasteiger partial charge in [-0.3, -0.25) is 4.79 Å². The van der Waals surface area contributed by atoms with Crippen LogP contribution in [-0.2, 0) is 0 Å². The van der Waals surface area contributed by atoms with E-state index in [2.05, 4.69) is 22.5 Å². The molecule has 2 aromatic heterocycles. The highest BCUT2D eigenvalue weighted by molar-refractivity contribution is 7.10.